The maximum atomic E-state index is 13.1. The van der Waals surface area contributed by atoms with Gasteiger partial charge in [-0.15, -0.1) is 0 Å². The highest BCUT2D eigenvalue weighted by Gasteiger charge is 2.24. The Morgan fingerprint density at radius 1 is 1.25 bits per heavy atom. The minimum absolute atomic E-state index is 0.139. The van der Waals surface area contributed by atoms with Gasteiger partial charge in [0.2, 0.25) is 0 Å². The van der Waals surface area contributed by atoms with Gasteiger partial charge in [-0.1, -0.05) is 17.4 Å². The molecular weight excluding hydrogens is 374 g/mol. The van der Waals surface area contributed by atoms with E-state index in [2.05, 4.69) is 30.9 Å². The molecule has 1 saturated heterocycles. The van der Waals surface area contributed by atoms with Crippen molar-refractivity contribution < 1.29 is 13.9 Å². The van der Waals surface area contributed by atoms with Crippen LogP contribution in [-0.2, 0) is 4.74 Å². The van der Waals surface area contributed by atoms with Gasteiger partial charge in [-0.2, -0.15) is 0 Å². The summed E-state index contributed by atoms with van der Waals surface area (Å²) in [5.41, 5.74) is 3.35. The van der Waals surface area contributed by atoms with Gasteiger partial charge in [0.15, 0.2) is 10.9 Å². The van der Waals surface area contributed by atoms with E-state index in [4.69, 9.17) is 14.1 Å². The van der Waals surface area contributed by atoms with Crippen LogP contribution in [0, 0.1) is 13.8 Å². The van der Waals surface area contributed by atoms with Crippen molar-refractivity contribution in [2.45, 2.75) is 20.3 Å². The molecule has 1 aliphatic rings. The lowest BCUT2D eigenvalue weighted by Crippen LogP contribution is -2.39. The molecule has 1 aromatic carbocycles. The number of carbonyl (C=O) groups is 1. The van der Waals surface area contributed by atoms with Crippen LogP contribution in [0.5, 0.6) is 0 Å². The number of ether oxygens (including phenoxy) is 1. The second kappa shape index (κ2) is 8.43. The highest BCUT2D eigenvalue weighted by atomic mass is 32.1. The molecule has 0 saturated carbocycles. The predicted octanol–water partition coefficient (Wildman–Crippen LogP) is 3.88. The molecule has 0 atom stereocenters. The first-order valence-electron chi connectivity index (χ1n) is 9.65. The van der Waals surface area contributed by atoms with Gasteiger partial charge < -0.3 is 9.15 Å². The molecule has 0 aliphatic carbocycles. The Bertz CT molecular complexity index is 945. The van der Waals surface area contributed by atoms with Crippen LogP contribution in [0.4, 0.5) is 5.13 Å². The number of furan rings is 1. The number of hydrogen-bond acceptors (Lipinski definition) is 6. The van der Waals surface area contributed by atoms with Gasteiger partial charge in [0.05, 0.1) is 29.7 Å². The first-order valence-corrected chi connectivity index (χ1v) is 10.5. The van der Waals surface area contributed by atoms with Crippen LogP contribution in [0.25, 0.3) is 10.2 Å². The molecule has 2 aromatic heterocycles. The third-order valence-electron chi connectivity index (χ3n) is 5.24. The summed E-state index contributed by atoms with van der Waals surface area (Å²) >= 11 is 1.56. The third kappa shape index (κ3) is 3.97. The number of rotatable bonds is 6. The normalized spacial score (nSPS) is 15.2. The quantitative estimate of drug-likeness (QED) is 0.630. The van der Waals surface area contributed by atoms with E-state index in [1.165, 1.54) is 17.4 Å². The molecule has 3 heterocycles. The molecule has 0 unspecified atom stereocenters. The van der Waals surface area contributed by atoms with Crippen molar-refractivity contribution in [3.63, 3.8) is 0 Å². The van der Waals surface area contributed by atoms with Gasteiger partial charge in [-0.05, 0) is 49.6 Å². The first kappa shape index (κ1) is 19.1. The fourth-order valence-corrected chi connectivity index (χ4v) is 4.47. The van der Waals surface area contributed by atoms with Gasteiger partial charge in [0.25, 0.3) is 5.91 Å². The van der Waals surface area contributed by atoms with Crippen molar-refractivity contribution in [3.8, 4) is 0 Å². The highest BCUT2D eigenvalue weighted by Crippen LogP contribution is 2.32. The van der Waals surface area contributed by atoms with Crippen molar-refractivity contribution >= 4 is 32.6 Å². The van der Waals surface area contributed by atoms with Gasteiger partial charge in [-0.3, -0.25) is 14.6 Å². The van der Waals surface area contributed by atoms with Crippen LogP contribution in [0.2, 0.25) is 0 Å². The Kier molecular flexibility index (Phi) is 5.75. The van der Waals surface area contributed by atoms with Crippen LogP contribution in [-0.4, -0.2) is 55.2 Å². The van der Waals surface area contributed by atoms with Crippen LogP contribution >= 0.6 is 11.3 Å². The number of fused-ring (bicyclic) bond motifs is 1. The van der Waals surface area contributed by atoms with Crippen molar-refractivity contribution in [2.24, 2.45) is 0 Å². The maximum Gasteiger partial charge on any atom is 0.295 e. The summed E-state index contributed by atoms with van der Waals surface area (Å²) in [5.74, 6) is 0.207. The highest BCUT2D eigenvalue weighted by molar-refractivity contribution is 7.22. The number of amides is 1. The summed E-state index contributed by atoms with van der Waals surface area (Å²) in [6.45, 7) is 9.18. The topological polar surface area (TPSA) is 58.8 Å². The van der Waals surface area contributed by atoms with Gasteiger partial charge in [0, 0.05) is 26.2 Å². The lowest BCUT2D eigenvalue weighted by Gasteiger charge is -2.27. The molecule has 0 radical (unpaired) electrons. The zero-order chi connectivity index (χ0) is 19.5. The molecule has 0 N–H and O–H groups in total. The summed E-state index contributed by atoms with van der Waals surface area (Å²) in [6.07, 6.45) is 2.41. The fourth-order valence-electron chi connectivity index (χ4n) is 3.42. The average Bonchev–Trinajstić information content (AvgIpc) is 3.39. The van der Waals surface area contributed by atoms with Gasteiger partial charge in [0.1, 0.15) is 0 Å². The molecule has 6 nitrogen and oxygen atoms in total. The number of carbonyl (C=O) groups excluding carboxylic acids is 1. The number of morpholine rings is 1. The molecule has 0 bridgehead atoms. The van der Waals surface area contributed by atoms with Gasteiger partial charge >= 0.3 is 0 Å². The number of nitrogens with zero attached hydrogens (tertiary/aromatic N) is 3. The van der Waals surface area contributed by atoms with E-state index < -0.39 is 0 Å². The van der Waals surface area contributed by atoms with E-state index in [-0.39, 0.29) is 5.91 Å². The Morgan fingerprint density at radius 2 is 2.07 bits per heavy atom. The number of benzene rings is 1. The van der Waals surface area contributed by atoms with Crippen molar-refractivity contribution in [3.05, 3.63) is 47.4 Å². The van der Waals surface area contributed by atoms with Crippen LogP contribution < -0.4 is 4.90 Å². The lowest BCUT2D eigenvalue weighted by atomic mass is 10.1. The Morgan fingerprint density at radius 3 is 2.82 bits per heavy atom. The van der Waals surface area contributed by atoms with E-state index in [9.17, 15) is 4.79 Å². The molecule has 1 aliphatic heterocycles. The third-order valence-corrected chi connectivity index (χ3v) is 6.28. The number of thiazole rings is 1. The molecule has 28 heavy (non-hydrogen) atoms. The summed E-state index contributed by atoms with van der Waals surface area (Å²) in [6, 6.07) is 7.64. The zero-order valence-electron chi connectivity index (χ0n) is 16.3. The van der Waals surface area contributed by atoms with E-state index in [1.54, 1.807) is 28.4 Å². The summed E-state index contributed by atoms with van der Waals surface area (Å²) in [7, 11) is 0. The predicted molar refractivity (Wildman–Crippen MR) is 111 cm³/mol. The number of aromatic nitrogens is 1. The number of aryl methyl sites for hydroxylation is 2. The molecule has 1 amide bonds. The van der Waals surface area contributed by atoms with E-state index in [0.29, 0.717) is 12.3 Å². The Balaban J connectivity index is 1.57. The van der Waals surface area contributed by atoms with Crippen molar-refractivity contribution in [1.29, 1.82) is 0 Å². The van der Waals surface area contributed by atoms with E-state index >= 15 is 0 Å². The minimum Gasteiger partial charge on any atom is -0.459 e. The molecule has 7 heteroatoms. The van der Waals surface area contributed by atoms with E-state index in [1.807, 2.05) is 0 Å². The van der Waals surface area contributed by atoms with Crippen molar-refractivity contribution in [2.75, 3.05) is 44.3 Å². The van der Waals surface area contributed by atoms with Crippen LogP contribution in [0.3, 0.4) is 0 Å². The Hall–Kier alpha value is -2.22. The SMILES string of the molecule is Cc1ccc2sc(N(CCCN3CCOCC3)C(=O)c3ccco3)nc2c1C. The van der Waals surface area contributed by atoms with Crippen LogP contribution in [0.1, 0.15) is 28.1 Å². The molecule has 1 fully saturated rings. The standard InChI is InChI=1S/C21H25N3O3S/c1-15-6-7-18-19(16(15)2)22-21(28-18)24(20(25)17-5-3-12-27-17)9-4-8-23-10-13-26-14-11-23/h3,5-7,12H,4,8-11,13-14H2,1-2H3. The van der Waals surface area contributed by atoms with Crippen molar-refractivity contribution in [1.82, 2.24) is 9.88 Å². The first-order chi connectivity index (χ1) is 13.6. The molecule has 3 aromatic rings. The summed E-state index contributed by atoms with van der Waals surface area (Å²) in [4.78, 5) is 22.0. The summed E-state index contributed by atoms with van der Waals surface area (Å²) < 4.78 is 11.9. The maximum absolute atomic E-state index is 13.1. The number of hydrogen-bond donors (Lipinski definition) is 0. The number of anilines is 1. The molecule has 148 valence electrons. The largest absolute Gasteiger partial charge is 0.459 e. The average molecular weight is 400 g/mol. The lowest BCUT2D eigenvalue weighted by molar-refractivity contribution is 0.0376. The zero-order valence-corrected chi connectivity index (χ0v) is 17.1. The molecular formula is C21H25N3O3S. The fraction of sp³-hybridized carbons (Fsp3) is 0.429. The summed E-state index contributed by atoms with van der Waals surface area (Å²) in [5, 5.41) is 0.729. The molecule has 4 rings (SSSR count). The van der Waals surface area contributed by atoms with E-state index in [0.717, 1.165) is 54.6 Å². The smallest absolute Gasteiger partial charge is 0.295 e. The molecule has 0 spiro atoms. The van der Waals surface area contributed by atoms with Gasteiger partial charge in [-0.25, -0.2) is 4.98 Å². The minimum atomic E-state index is -0.139. The second-order valence-electron chi connectivity index (χ2n) is 7.09. The monoisotopic (exact) mass is 399 g/mol. The second-order valence-corrected chi connectivity index (χ2v) is 8.10. The van der Waals surface area contributed by atoms with Crippen LogP contribution in [0.15, 0.2) is 34.9 Å². The Labute approximate surface area is 168 Å².